The summed E-state index contributed by atoms with van der Waals surface area (Å²) in [5, 5.41) is 0.224. The van der Waals surface area contributed by atoms with Gasteiger partial charge in [-0.15, -0.1) is 22.7 Å². The zero-order valence-corrected chi connectivity index (χ0v) is 37.7. The van der Waals surface area contributed by atoms with Crippen LogP contribution in [0.5, 0.6) is 0 Å². The lowest BCUT2D eigenvalue weighted by Crippen LogP contribution is -2.67. The predicted octanol–water partition coefficient (Wildman–Crippen LogP) is 10.8. The zero-order chi connectivity index (χ0) is 38.4. The van der Waals surface area contributed by atoms with Crippen LogP contribution in [0.3, 0.4) is 0 Å². The minimum atomic E-state index is -3.59. The molecule has 4 aromatic rings. The van der Waals surface area contributed by atoms with E-state index in [1.54, 1.807) is 44.3 Å². The van der Waals surface area contributed by atoms with Gasteiger partial charge >= 0.3 is 17.6 Å². The maximum absolute atomic E-state index is 6.88. The van der Waals surface area contributed by atoms with Gasteiger partial charge in [-0.2, -0.15) is 0 Å². The molecule has 0 fully saturated rings. The van der Waals surface area contributed by atoms with Crippen LogP contribution >= 0.6 is 44.3 Å². The normalized spacial score (nSPS) is 23.3. The van der Waals surface area contributed by atoms with Gasteiger partial charge in [0.15, 0.2) is 0 Å². The fourth-order valence-electron chi connectivity index (χ4n) is 7.77. The highest BCUT2D eigenvalue weighted by atomic mass is 33.1. The number of rotatable bonds is 19. The van der Waals surface area contributed by atoms with Crippen molar-refractivity contribution in [3.8, 4) is 0 Å². The molecule has 2 aromatic heterocycles. The van der Waals surface area contributed by atoms with Gasteiger partial charge < -0.3 is 26.6 Å². The third-order valence-corrected chi connectivity index (χ3v) is 23.5. The summed E-state index contributed by atoms with van der Waals surface area (Å²) < 4.78 is 43.5. The van der Waals surface area contributed by atoms with Crippen LogP contribution in [0.4, 0.5) is 0 Å². The molecule has 6 rings (SSSR count). The molecule has 0 radical (unpaired) electrons. The average Bonchev–Trinajstić information content (AvgIpc) is 3.80. The molecule has 0 amide bonds. The smallest absolute Gasteiger partial charge is 0.373 e. The number of nitrogens with zero attached hydrogens (tertiary/aromatic N) is 2. The van der Waals surface area contributed by atoms with Crippen molar-refractivity contribution in [1.82, 2.24) is 9.97 Å². The largest absolute Gasteiger partial charge is 0.520 e. The molecule has 4 atom stereocenters. The number of allylic oxidation sites excluding steroid dienone is 8. The van der Waals surface area contributed by atoms with E-state index in [0.29, 0.717) is 39.6 Å². The van der Waals surface area contributed by atoms with Crippen molar-refractivity contribution in [3.63, 3.8) is 0 Å². The van der Waals surface area contributed by atoms with Crippen LogP contribution in [0.25, 0.3) is 20.4 Å². The second-order valence-corrected chi connectivity index (χ2v) is 22.7. The van der Waals surface area contributed by atoms with Crippen molar-refractivity contribution in [2.75, 3.05) is 39.6 Å². The number of fused-ring (bicyclic) bond motifs is 2. The van der Waals surface area contributed by atoms with Crippen LogP contribution in [-0.4, -0.2) is 67.2 Å². The Labute approximate surface area is 338 Å². The van der Waals surface area contributed by atoms with Crippen LogP contribution in [0.1, 0.15) is 65.4 Å². The minimum absolute atomic E-state index is 0.0561. The molecule has 2 aliphatic rings. The van der Waals surface area contributed by atoms with E-state index in [2.05, 4.69) is 86.7 Å². The fourth-order valence-corrected chi connectivity index (χ4v) is 22.6. The predicted molar refractivity (Wildman–Crippen MR) is 232 cm³/mol. The summed E-state index contributed by atoms with van der Waals surface area (Å²) in [7, 11) is -3.74. The highest BCUT2D eigenvalue weighted by Gasteiger charge is 2.70. The minimum Gasteiger partial charge on any atom is -0.373 e. The zero-order valence-electron chi connectivity index (χ0n) is 32.5. The van der Waals surface area contributed by atoms with Crippen molar-refractivity contribution in [3.05, 3.63) is 105 Å². The standard InChI is InChI=1S/C40H52N2O6S4Si2/c1-9-43-53(44-10-2,45-11-3)39(37-41-31-23-15-17-25-33(31)49-37)29(7)21-19-27-35(39)51-52-36-28-20-22-30(8)40(36,54(46-12-4,47-13-5)48-14-6)38-42-32-24-16-18-26-34(32)50-38/h15-30H,9-14H2,1-8H3. The third kappa shape index (κ3) is 7.02. The van der Waals surface area contributed by atoms with Crippen molar-refractivity contribution < 1.29 is 26.6 Å². The van der Waals surface area contributed by atoms with Gasteiger partial charge in [-0.05, 0) is 77.6 Å². The summed E-state index contributed by atoms with van der Waals surface area (Å²) in [6, 6.07) is 16.6. The molecule has 54 heavy (non-hydrogen) atoms. The Morgan fingerprint density at radius 1 is 0.556 bits per heavy atom. The van der Waals surface area contributed by atoms with Crippen molar-refractivity contribution in [2.45, 2.75) is 65.5 Å². The Hall–Kier alpha value is -1.93. The van der Waals surface area contributed by atoms with E-state index < -0.39 is 27.7 Å². The molecule has 290 valence electrons. The highest BCUT2D eigenvalue weighted by Crippen LogP contribution is 2.62. The van der Waals surface area contributed by atoms with Gasteiger partial charge in [0.25, 0.3) is 0 Å². The molecule has 0 bridgehead atoms. The first-order chi connectivity index (χ1) is 26.3. The van der Waals surface area contributed by atoms with E-state index in [4.69, 9.17) is 36.5 Å². The summed E-state index contributed by atoms with van der Waals surface area (Å²) in [5.74, 6) is -0.112. The third-order valence-electron chi connectivity index (χ3n) is 9.89. The molecule has 2 aromatic carbocycles. The molecule has 14 heteroatoms. The molecule has 0 spiro atoms. The second-order valence-electron chi connectivity index (χ2n) is 12.9. The van der Waals surface area contributed by atoms with Crippen LogP contribution < -0.4 is 0 Å². The van der Waals surface area contributed by atoms with E-state index in [9.17, 15) is 0 Å². The van der Waals surface area contributed by atoms with Crippen molar-refractivity contribution in [2.24, 2.45) is 11.8 Å². The van der Waals surface area contributed by atoms with Crippen LogP contribution in [0.2, 0.25) is 0 Å². The summed E-state index contributed by atoms with van der Waals surface area (Å²) in [6.45, 7) is 19.3. The Morgan fingerprint density at radius 3 is 1.20 bits per heavy atom. The summed E-state index contributed by atoms with van der Waals surface area (Å²) in [6.07, 6.45) is 13.2. The van der Waals surface area contributed by atoms with E-state index in [1.807, 2.05) is 53.7 Å². The molecule has 2 heterocycles. The molecule has 4 unspecified atom stereocenters. The number of aromatic nitrogens is 2. The monoisotopic (exact) mass is 840 g/mol. The topological polar surface area (TPSA) is 81.2 Å². The lowest BCUT2D eigenvalue weighted by Gasteiger charge is -2.50. The fraction of sp³-hybridized carbons (Fsp3) is 0.450. The Bertz CT molecular complexity index is 1770. The molecule has 0 saturated heterocycles. The van der Waals surface area contributed by atoms with Gasteiger partial charge in [0.2, 0.25) is 0 Å². The maximum Gasteiger partial charge on any atom is 0.520 e. The molecule has 0 saturated carbocycles. The number of hydrogen-bond acceptors (Lipinski definition) is 12. The number of benzene rings is 2. The maximum atomic E-state index is 6.88. The van der Waals surface area contributed by atoms with Gasteiger partial charge in [-0.1, -0.05) is 96.2 Å². The average molecular weight is 841 g/mol. The van der Waals surface area contributed by atoms with Gasteiger partial charge in [0.1, 0.15) is 20.1 Å². The molecule has 0 aliphatic heterocycles. The molecule has 0 N–H and O–H groups in total. The Morgan fingerprint density at radius 2 is 0.889 bits per heavy atom. The Balaban J connectivity index is 1.57. The second kappa shape index (κ2) is 18.1. The first-order valence-corrected chi connectivity index (χ1v) is 26.2. The van der Waals surface area contributed by atoms with E-state index >= 15 is 0 Å². The lowest BCUT2D eigenvalue weighted by molar-refractivity contribution is 0.0437. The quantitative estimate of drug-likeness (QED) is 0.0672. The number of hydrogen-bond donors (Lipinski definition) is 0. The van der Waals surface area contributed by atoms with Crippen LogP contribution in [0, 0.1) is 11.8 Å². The summed E-state index contributed by atoms with van der Waals surface area (Å²) in [4.78, 5) is 12.9. The first kappa shape index (κ1) is 41.7. The van der Waals surface area contributed by atoms with Crippen LogP contribution in [-0.2, 0) is 36.6 Å². The van der Waals surface area contributed by atoms with Gasteiger partial charge in [0, 0.05) is 49.5 Å². The number of para-hydroxylation sites is 2. The van der Waals surface area contributed by atoms with Gasteiger partial charge in [0.05, 0.1) is 20.4 Å². The number of thiazole rings is 2. The van der Waals surface area contributed by atoms with E-state index in [0.717, 1.165) is 40.3 Å². The molecular formula is C40H52N2O6S4Si2. The van der Waals surface area contributed by atoms with Crippen LogP contribution in [0.15, 0.2) is 94.8 Å². The van der Waals surface area contributed by atoms with Gasteiger partial charge in [-0.25, -0.2) is 9.97 Å². The SMILES string of the molecule is CCO[Si](OCC)(OCC)C1(c2nc3ccccc3s2)C(SSC2=CC=CC(C)C2(c2nc3ccccc3s2)[Si](OCC)(OCC)OCC)=CC=CC1C. The van der Waals surface area contributed by atoms with E-state index in [1.165, 1.54) is 0 Å². The van der Waals surface area contributed by atoms with Crippen molar-refractivity contribution in [1.29, 1.82) is 0 Å². The summed E-state index contributed by atoms with van der Waals surface area (Å²) in [5.41, 5.74) is 1.90. The molecule has 2 aliphatic carbocycles. The molecular weight excluding hydrogens is 789 g/mol. The van der Waals surface area contributed by atoms with E-state index in [-0.39, 0.29) is 11.8 Å². The summed E-state index contributed by atoms with van der Waals surface area (Å²) >= 11 is 3.40. The molecule has 8 nitrogen and oxygen atoms in total. The van der Waals surface area contributed by atoms with Crippen molar-refractivity contribution >= 4 is 82.3 Å². The Kier molecular flexibility index (Phi) is 14.0. The van der Waals surface area contributed by atoms with Gasteiger partial charge in [-0.3, -0.25) is 0 Å². The highest BCUT2D eigenvalue weighted by molar-refractivity contribution is 8.79. The lowest BCUT2D eigenvalue weighted by atomic mass is 9.88. The first-order valence-electron chi connectivity index (χ1n) is 18.9.